The number of nitrogen functional groups attached to an aromatic ring is 1. The molecule has 1 fully saturated rings. The number of tetrazole rings is 1. The van der Waals surface area contributed by atoms with E-state index in [2.05, 4.69) is 22.4 Å². The maximum absolute atomic E-state index is 5.91. The highest BCUT2D eigenvalue weighted by molar-refractivity contribution is 5.62. The summed E-state index contributed by atoms with van der Waals surface area (Å²) >= 11 is 0. The number of aromatic nitrogens is 4. The van der Waals surface area contributed by atoms with Gasteiger partial charge in [-0.1, -0.05) is 0 Å². The van der Waals surface area contributed by atoms with E-state index in [-0.39, 0.29) is 12.1 Å². The summed E-state index contributed by atoms with van der Waals surface area (Å²) in [4.78, 5) is 0. The van der Waals surface area contributed by atoms with Gasteiger partial charge in [0.05, 0.1) is 12.1 Å². The zero-order chi connectivity index (χ0) is 14.1. The van der Waals surface area contributed by atoms with Crippen molar-refractivity contribution in [2.45, 2.75) is 38.8 Å². The van der Waals surface area contributed by atoms with Crippen molar-refractivity contribution in [3.8, 4) is 11.4 Å². The minimum Gasteiger partial charge on any atom is -0.399 e. The summed E-state index contributed by atoms with van der Waals surface area (Å²) in [6, 6.07) is 5.99. The first-order chi connectivity index (χ1) is 9.65. The third-order valence-corrected chi connectivity index (χ3v) is 3.74. The Morgan fingerprint density at radius 1 is 1.40 bits per heavy atom. The van der Waals surface area contributed by atoms with E-state index < -0.39 is 0 Å². The van der Waals surface area contributed by atoms with Crippen molar-refractivity contribution in [2.75, 3.05) is 12.3 Å². The Bertz CT molecular complexity index is 583. The van der Waals surface area contributed by atoms with Crippen LogP contribution in [0.4, 0.5) is 5.69 Å². The monoisotopic (exact) mass is 273 g/mol. The van der Waals surface area contributed by atoms with E-state index in [0.717, 1.165) is 42.1 Å². The molecule has 20 heavy (non-hydrogen) atoms. The molecule has 6 heteroatoms. The van der Waals surface area contributed by atoms with Crippen LogP contribution in [0.15, 0.2) is 18.2 Å². The standard InChI is InChI=1S/C14H19N5O/c1-9-6-11(8-12(15)7-9)14-16-17-18-19(14)10(2)13-4-3-5-20-13/h6-8,10,13H,3-5,15H2,1-2H3. The number of nitrogens with zero attached hydrogens (tertiary/aromatic N) is 4. The molecule has 1 aliphatic heterocycles. The van der Waals surface area contributed by atoms with Gasteiger partial charge in [-0.3, -0.25) is 0 Å². The van der Waals surface area contributed by atoms with Crippen LogP contribution in [-0.2, 0) is 4.74 Å². The van der Waals surface area contributed by atoms with Gasteiger partial charge < -0.3 is 10.5 Å². The summed E-state index contributed by atoms with van der Waals surface area (Å²) in [5.41, 5.74) is 8.67. The highest BCUT2D eigenvalue weighted by Crippen LogP contribution is 2.28. The molecular weight excluding hydrogens is 254 g/mol. The fraction of sp³-hybridized carbons (Fsp3) is 0.500. The zero-order valence-electron chi connectivity index (χ0n) is 11.8. The summed E-state index contributed by atoms with van der Waals surface area (Å²) in [7, 11) is 0. The Morgan fingerprint density at radius 3 is 2.95 bits per heavy atom. The average molecular weight is 273 g/mol. The lowest BCUT2D eigenvalue weighted by molar-refractivity contribution is 0.0690. The molecule has 0 amide bonds. The van der Waals surface area contributed by atoms with Gasteiger partial charge in [0.2, 0.25) is 0 Å². The molecule has 3 rings (SSSR count). The van der Waals surface area contributed by atoms with Gasteiger partial charge in [-0.15, -0.1) is 5.10 Å². The third-order valence-electron chi connectivity index (χ3n) is 3.74. The van der Waals surface area contributed by atoms with Crippen molar-refractivity contribution in [1.29, 1.82) is 0 Å². The predicted octanol–water partition coefficient (Wildman–Crippen LogP) is 1.97. The quantitative estimate of drug-likeness (QED) is 0.865. The Kier molecular flexibility index (Phi) is 3.40. The lowest BCUT2D eigenvalue weighted by atomic mass is 10.1. The summed E-state index contributed by atoms with van der Waals surface area (Å²) in [5.74, 6) is 0.739. The van der Waals surface area contributed by atoms with Crippen LogP contribution >= 0.6 is 0 Å². The number of hydrogen-bond donors (Lipinski definition) is 1. The number of aryl methyl sites for hydroxylation is 1. The molecule has 1 aromatic heterocycles. The maximum Gasteiger partial charge on any atom is 0.182 e. The average Bonchev–Trinajstić information content (AvgIpc) is 3.08. The molecule has 1 saturated heterocycles. The van der Waals surface area contributed by atoms with Crippen LogP contribution < -0.4 is 5.73 Å². The normalized spacial score (nSPS) is 20.2. The molecule has 1 aromatic carbocycles. The van der Waals surface area contributed by atoms with Crippen molar-refractivity contribution >= 4 is 5.69 Å². The number of ether oxygens (including phenoxy) is 1. The second-order valence-electron chi connectivity index (χ2n) is 5.37. The number of hydrogen-bond acceptors (Lipinski definition) is 5. The van der Waals surface area contributed by atoms with Gasteiger partial charge in [-0.2, -0.15) is 0 Å². The molecular formula is C14H19N5O. The van der Waals surface area contributed by atoms with E-state index in [1.54, 1.807) is 0 Å². The van der Waals surface area contributed by atoms with Crippen LogP contribution in [0.3, 0.4) is 0 Å². The van der Waals surface area contributed by atoms with E-state index in [9.17, 15) is 0 Å². The molecule has 2 unspecified atom stereocenters. The van der Waals surface area contributed by atoms with Crippen molar-refractivity contribution in [1.82, 2.24) is 20.2 Å². The molecule has 1 aliphatic rings. The highest BCUT2D eigenvalue weighted by Gasteiger charge is 2.27. The van der Waals surface area contributed by atoms with Crippen LogP contribution in [0.2, 0.25) is 0 Å². The van der Waals surface area contributed by atoms with Gasteiger partial charge in [0.1, 0.15) is 0 Å². The fourth-order valence-corrected chi connectivity index (χ4v) is 2.74. The van der Waals surface area contributed by atoms with Crippen molar-refractivity contribution in [2.24, 2.45) is 0 Å². The predicted molar refractivity (Wildman–Crippen MR) is 76.1 cm³/mol. The minimum atomic E-state index is 0.115. The van der Waals surface area contributed by atoms with Gasteiger partial charge in [-0.05, 0) is 60.9 Å². The Labute approximate surface area is 117 Å². The summed E-state index contributed by atoms with van der Waals surface area (Å²) < 4.78 is 7.57. The lowest BCUT2D eigenvalue weighted by Crippen LogP contribution is -2.22. The molecule has 0 saturated carbocycles. The second kappa shape index (κ2) is 5.20. The fourth-order valence-electron chi connectivity index (χ4n) is 2.74. The second-order valence-corrected chi connectivity index (χ2v) is 5.37. The molecule has 2 atom stereocenters. The Morgan fingerprint density at radius 2 is 2.25 bits per heavy atom. The molecule has 2 aromatic rings. The van der Waals surface area contributed by atoms with Gasteiger partial charge in [-0.25, -0.2) is 4.68 Å². The van der Waals surface area contributed by atoms with Crippen LogP contribution in [0.5, 0.6) is 0 Å². The largest absolute Gasteiger partial charge is 0.399 e. The topological polar surface area (TPSA) is 78.9 Å². The Balaban J connectivity index is 1.96. The van der Waals surface area contributed by atoms with Crippen LogP contribution in [0.1, 0.15) is 31.4 Å². The SMILES string of the molecule is Cc1cc(N)cc(-c2nnnn2C(C)C2CCCO2)c1. The zero-order valence-corrected chi connectivity index (χ0v) is 11.8. The van der Waals surface area contributed by atoms with Crippen molar-refractivity contribution in [3.05, 3.63) is 23.8 Å². The van der Waals surface area contributed by atoms with Gasteiger partial charge in [0.25, 0.3) is 0 Å². The highest BCUT2D eigenvalue weighted by atomic mass is 16.5. The Hall–Kier alpha value is -1.95. The molecule has 0 aliphatic carbocycles. The summed E-state index contributed by atoms with van der Waals surface area (Å²) in [6.45, 7) is 4.93. The maximum atomic E-state index is 5.91. The first-order valence-corrected chi connectivity index (χ1v) is 6.92. The van der Waals surface area contributed by atoms with E-state index in [4.69, 9.17) is 10.5 Å². The molecule has 2 heterocycles. The van der Waals surface area contributed by atoms with E-state index in [1.165, 1.54) is 0 Å². The van der Waals surface area contributed by atoms with Crippen molar-refractivity contribution in [3.63, 3.8) is 0 Å². The molecule has 2 N–H and O–H groups in total. The van der Waals surface area contributed by atoms with Gasteiger partial charge in [0.15, 0.2) is 5.82 Å². The number of nitrogens with two attached hydrogens (primary N) is 1. The number of benzene rings is 1. The van der Waals surface area contributed by atoms with E-state index in [1.807, 2.05) is 29.8 Å². The third kappa shape index (κ3) is 2.38. The van der Waals surface area contributed by atoms with E-state index in [0.29, 0.717) is 0 Å². The smallest absolute Gasteiger partial charge is 0.182 e. The molecule has 6 nitrogen and oxygen atoms in total. The van der Waals surface area contributed by atoms with Crippen LogP contribution in [-0.4, -0.2) is 32.9 Å². The van der Waals surface area contributed by atoms with Gasteiger partial charge >= 0.3 is 0 Å². The molecule has 0 spiro atoms. The molecule has 0 radical (unpaired) electrons. The molecule has 106 valence electrons. The number of anilines is 1. The minimum absolute atomic E-state index is 0.115. The number of rotatable bonds is 3. The van der Waals surface area contributed by atoms with Crippen molar-refractivity contribution < 1.29 is 4.74 Å². The first kappa shape index (κ1) is 13.1. The first-order valence-electron chi connectivity index (χ1n) is 6.92. The van der Waals surface area contributed by atoms with Gasteiger partial charge in [0, 0.05) is 17.9 Å². The molecule has 0 bridgehead atoms. The summed E-state index contributed by atoms with van der Waals surface area (Å²) in [5, 5.41) is 12.1. The summed E-state index contributed by atoms with van der Waals surface area (Å²) in [6.07, 6.45) is 2.33. The van der Waals surface area contributed by atoms with Crippen LogP contribution in [0, 0.1) is 6.92 Å². The van der Waals surface area contributed by atoms with E-state index >= 15 is 0 Å². The van der Waals surface area contributed by atoms with Crippen LogP contribution in [0.25, 0.3) is 11.4 Å². The lowest BCUT2D eigenvalue weighted by Gasteiger charge is -2.19.